The van der Waals surface area contributed by atoms with Crippen LogP contribution in [0.1, 0.15) is 38.7 Å². The number of amides is 1. The molecule has 1 heterocycles. The number of aliphatic carboxylic acids is 1. The lowest BCUT2D eigenvalue weighted by Gasteiger charge is -2.30. The third-order valence-corrected chi connectivity index (χ3v) is 5.65. The van der Waals surface area contributed by atoms with Crippen LogP contribution in [0.5, 0.6) is 0 Å². The van der Waals surface area contributed by atoms with E-state index >= 15 is 0 Å². The van der Waals surface area contributed by atoms with E-state index in [-0.39, 0.29) is 11.8 Å². The average molecular weight is 315 g/mol. The second-order valence-corrected chi connectivity index (χ2v) is 7.78. The SMILES string of the molecule is CC(C)(Cc1ccccc1)C(=O)N1C[C@@H]2CCC[C@@]2(C(=O)O)C1. The molecule has 0 aromatic heterocycles. The fourth-order valence-electron chi connectivity index (χ4n) is 4.40. The number of carboxylic acid groups (broad SMARTS) is 1. The first-order valence-electron chi connectivity index (χ1n) is 8.42. The van der Waals surface area contributed by atoms with Crippen LogP contribution in [0.3, 0.4) is 0 Å². The van der Waals surface area contributed by atoms with Crippen molar-refractivity contribution in [3.63, 3.8) is 0 Å². The minimum absolute atomic E-state index is 0.0800. The van der Waals surface area contributed by atoms with Crippen molar-refractivity contribution in [1.82, 2.24) is 4.90 Å². The molecule has 2 aliphatic rings. The van der Waals surface area contributed by atoms with Crippen molar-refractivity contribution in [3.8, 4) is 0 Å². The highest BCUT2D eigenvalue weighted by molar-refractivity contribution is 5.85. The molecule has 1 N–H and O–H groups in total. The van der Waals surface area contributed by atoms with E-state index < -0.39 is 16.8 Å². The Morgan fingerprint density at radius 3 is 2.61 bits per heavy atom. The average Bonchev–Trinajstić information content (AvgIpc) is 3.04. The van der Waals surface area contributed by atoms with Crippen molar-refractivity contribution in [1.29, 1.82) is 0 Å². The third-order valence-electron chi connectivity index (χ3n) is 5.65. The summed E-state index contributed by atoms with van der Waals surface area (Å²) >= 11 is 0. The molecular formula is C19H25NO3. The maximum atomic E-state index is 13.0. The molecule has 0 bridgehead atoms. The Balaban J connectivity index is 1.75. The van der Waals surface area contributed by atoms with Gasteiger partial charge in [-0.3, -0.25) is 9.59 Å². The molecule has 4 nitrogen and oxygen atoms in total. The highest BCUT2D eigenvalue weighted by Crippen LogP contribution is 2.49. The summed E-state index contributed by atoms with van der Waals surface area (Å²) in [6, 6.07) is 10.0. The van der Waals surface area contributed by atoms with Gasteiger partial charge in [0.2, 0.25) is 5.91 Å². The van der Waals surface area contributed by atoms with Crippen molar-refractivity contribution in [3.05, 3.63) is 35.9 Å². The molecule has 3 rings (SSSR count). The van der Waals surface area contributed by atoms with Crippen molar-refractivity contribution >= 4 is 11.9 Å². The molecule has 1 aliphatic heterocycles. The van der Waals surface area contributed by atoms with E-state index in [0.29, 0.717) is 25.9 Å². The van der Waals surface area contributed by atoms with E-state index in [1.165, 1.54) is 0 Å². The second-order valence-electron chi connectivity index (χ2n) is 7.78. The molecule has 2 fully saturated rings. The van der Waals surface area contributed by atoms with Gasteiger partial charge in [-0.2, -0.15) is 0 Å². The number of hydrogen-bond acceptors (Lipinski definition) is 2. The van der Waals surface area contributed by atoms with Gasteiger partial charge in [0.25, 0.3) is 0 Å². The van der Waals surface area contributed by atoms with Gasteiger partial charge in [0.15, 0.2) is 0 Å². The van der Waals surface area contributed by atoms with Crippen LogP contribution in [0, 0.1) is 16.7 Å². The first-order valence-corrected chi connectivity index (χ1v) is 8.42. The lowest BCUT2D eigenvalue weighted by molar-refractivity contribution is -0.150. The van der Waals surface area contributed by atoms with Crippen LogP contribution in [-0.2, 0) is 16.0 Å². The van der Waals surface area contributed by atoms with Crippen molar-refractivity contribution in [2.45, 2.75) is 39.5 Å². The molecule has 124 valence electrons. The van der Waals surface area contributed by atoms with Crippen LogP contribution in [0.15, 0.2) is 30.3 Å². The van der Waals surface area contributed by atoms with Crippen LogP contribution in [0.25, 0.3) is 0 Å². The predicted molar refractivity (Wildman–Crippen MR) is 87.9 cm³/mol. The number of benzene rings is 1. The molecule has 1 saturated heterocycles. The number of carboxylic acids is 1. The molecule has 23 heavy (non-hydrogen) atoms. The Kier molecular flexibility index (Phi) is 3.95. The molecule has 4 heteroatoms. The quantitative estimate of drug-likeness (QED) is 0.929. The first kappa shape index (κ1) is 16.0. The molecule has 1 saturated carbocycles. The van der Waals surface area contributed by atoms with Gasteiger partial charge in [0.1, 0.15) is 0 Å². The van der Waals surface area contributed by atoms with E-state index in [2.05, 4.69) is 0 Å². The fourth-order valence-corrected chi connectivity index (χ4v) is 4.40. The molecule has 1 amide bonds. The van der Waals surface area contributed by atoms with Crippen LogP contribution >= 0.6 is 0 Å². The summed E-state index contributed by atoms with van der Waals surface area (Å²) < 4.78 is 0. The highest BCUT2D eigenvalue weighted by Gasteiger charge is 2.56. The second kappa shape index (κ2) is 5.66. The zero-order valence-corrected chi connectivity index (χ0v) is 13.9. The number of carbonyl (C=O) groups excluding carboxylic acids is 1. The van der Waals surface area contributed by atoms with Gasteiger partial charge in [-0.15, -0.1) is 0 Å². The summed E-state index contributed by atoms with van der Waals surface area (Å²) in [5.41, 5.74) is -0.0729. The summed E-state index contributed by atoms with van der Waals surface area (Å²) in [6.07, 6.45) is 3.27. The number of hydrogen-bond donors (Lipinski definition) is 1. The zero-order valence-electron chi connectivity index (χ0n) is 13.9. The number of fused-ring (bicyclic) bond motifs is 1. The Morgan fingerprint density at radius 1 is 1.30 bits per heavy atom. The topological polar surface area (TPSA) is 57.6 Å². The van der Waals surface area contributed by atoms with Gasteiger partial charge in [0, 0.05) is 18.5 Å². The van der Waals surface area contributed by atoms with Crippen molar-refractivity contribution in [2.24, 2.45) is 16.7 Å². The Labute approximate surface area is 137 Å². The third kappa shape index (κ3) is 2.75. The summed E-state index contributed by atoms with van der Waals surface area (Å²) in [5.74, 6) is -0.524. The maximum Gasteiger partial charge on any atom is 0.311 e. The number of rotatable bonds is 4. The summed E-state index contributed by atoms with van der Waals surface area (Å²) in [6.45, 7) is 4.90. The molecule has 0 unspecified atom stereocenters. The Morgan fingerprint density at radius 2 is 2.00 bits per heavy atom. The normalized spacial score (nSPS) is 27.0. The van der Waals surface area contributed by atoms with Gasteiger partial charge >= 0.3 is 5.97 Å². The van der Waals surface area contributed by atoms with Gasteiger partial charge in [-0.05, 0) is 30.7 Å². The largest absolute Gasteiger partial charge is 0.481 e. The molecule has 1 aliphatic carbocycles. The minimum Gasteiger partial charge on any atom is -0.481 e. The van der Waals surface area contributed by atoms with Gasteiger partial charge in [-0.25, -0.2) is 0 Å². The fraction of sp³-hybridized carbons (Fsp3) is 0.579. The minimum atomic E-state index is -0.726. The van der Waals surface area contributed by atoms with Crippen LogP contribution in [-0.4, -0.2) is 35.0 Å². The number of likely N-dealkylation sites (tertiary alicyclic amines) is 1. The van der Waals surface area contributed by atoms with E-state index in [0.717, 1.165) is 18.4 Å². The lowest BCUT2D eigenvalue weighted by Crippen LogP contribution is -2.43. The maximum absolute atomic E-state index is 13.0. The Bertz CT molecular complexity index is 610. The number of carbonyl (C=O) groups is 2. The van der Waals surface area contributed by atoms with E-state index in [9.17, 15) is 14.7 Å². The molecule has 0 radical (unpaired) electrons. The van der Waals surface area contributed by atoms with Crippen LogP contribution < -0.4 is 0 Å². The van der Waals surface area contributed by atoms with Crippen LogP contribution in [0.2, 0.25) is 0 Å². The molecule has 2 atom stereocenters. The zero-order chi connectivity index (χ0) is 16.7. The molecule has 1 aromatic rings. The lowest BCUT2D eigenvalue weighted by atomic mass is 9.81. The standard InChI is InChI=1S/C19H25NO3/c1-18(2,11-14-7-4-3-5-8-14)16(21)20-12-15-9-6-10-19(15,13-20)17(22)23/h3-5,7-8,15H,6,9-13H2,1-2H3,(H,22,23)/t15-,19+/m0/s1. The predicted octanol–water partition coefficient (Wildman–Crippen LogP) is 2.97. The van der Waals surface area contributed by atoms with Gasteiger partial charge in [0.05, 0.1) is 5.41 Å². The van der Waals surface area contributed by atoms with E-state index in [1.54, 1.807) is 4.90 Å². The summed E-state index contributed by atoms with van der Waals surface area (Å²) in [5, 5.41) is 9.67. The van der Waals surface area contributed by atoms with Gasteiger partial charge < -0.3 is 10.0 Å². The smallest absolute Gasteiger partial charge is 0.311 e. The Hall–Kier alpha value is -1.84. The summed E-state index contributed by atoms with van der Waals surface area (Å²) in [7, 11) is 0. The van der Waals surface area contributed by atoms with Crippen LogP contribution in [0.4, 0.5) is 0 Å². The monoisotopic (exact) mass is 315 g/mol. The first-order chi connectivity index (χ1) is 10.8. The number of nitrogens with zero attached hydrogens (tertiary/aromatic N) is 1. The van der Waals surface area contributed by atoms with Gasteiger partial charge in [-0.1, -0.05) is 50.6 Å². The summed E-state index contributed by atoms with van der Waals surface area (Å²) in [4.78, 5) is 26.6. The molecular weight excluding hydrogens is 290 g/mol. The highest BCUT2D eigenvalue weighted by atomic mass is 16.4. The molecule has 1 aromatic carbocycles. The van der Waals surface area contributed by atoms with E-state index in [1.807, 2.05) is 44.2 Å². The van der Waals surface area contributed by atoms with Crippen molar-refractivity contribution in [2.75, 3.05) is 13.1 Å². The van der Waals surface area contributed by atoms with E-state index in [4.69, 9.17) is 0 Å². The molecule has 0 spiro atoms. The van der Waals surface area contributed by atoms with Crippen molar-refractivity contribution < 1.29 is 14.7 Å².